The second-order valence-electron chi connectivity index (χ2n) is 3.72. The fourth-order valence-corrected chi connectivity index (χ4v) is 2.01. The Labute approximate surface area is 90.4 Å². The van der Waals surface area contributed by atoms with Crippen LogP contribution >= 0.6 is 12.2 Å². The Balaban J connectivity index is 2.80. The Morgan fingerprint density at radius 2 is 2.43 bits per heavy atom. The van der Waals surface area contributed by atoms with Gasteiger partial charge in [-0.3, -0.25) is 4.79 Å². The van der Waals surface area contributed by atoms with E-state index in [2.05, 4.69) is 0 Å². The molecule has 0 spiro atoms. The SMILES string of the molecule is CCCC(=O)C1(N(C)C=S)CCOC1. The molecular formula is C10H17NO2S. The van der Waals surface area contributed by atoms with Crippen LogP contribution in [0.4, 0.5) is 0 Å². The van der Waals surface area contributed by atoms with Crippen molar-refractivity contribution in [2.45, 2.75) is 31.7 Å². The van der Waals surface area contributed by atoms with Gasteiger partial charge in [0.05, 0.1) is 12.1 Å². The minimum atomic E-state index is -0.474. The standard InChI is InChI=1S/C10H17NO2S/c1-3-4-9(12)10(11(2)8-14)5-6-13-7-10/h8H,3-7H2,1-2H3. The first-order valence-electron chi connectivity index (χ1n) is 4.96. The number of hydrogen-bond donors (Lipinski definition) is 0. The molecule has 1 unspecified atom stereocenters. The predicted octanol–water partition coefficient (Wildman–Crippen LogP) is 1.40. The fraction of sp³-hybridized carbons (Fsp3) is 0.800. The Bertz CT molecular complexity index is 224. The maximum Gasteiger partial charge on any atom is 0.160 e. The summed E-state index contributed by atoms with van der Waals surface area (Å²) in [7, 11) is 1.86. The Kier molecular flexibility index (Phi) is 4.01. The minimum absolute atomic E-state index is 0.251. The number of rotatable bonds is 5. The number of thiocarbonyl (C=S) groups is 1. The molecule has 3 nitrogen and oxygen atoms in total. The van der Waals surface area contributed by atoms with Gasteiger partial charge in [0.1, 0.15) is 5.54 Å². The molecule has 0 aliphatic carbocycles. The summed E-state index contributed by atoms with van der Waals surface area (Å²) in [5, 5.41) is 0. The molecule has 1 aliphatic heterocycles. The van der Waals surface area contributed by atoms with Crippen LogP contribution in [0.3, 0.4) is 0 Å². The second-order valence-corrected chi connectivity index (χ2v) is 3.93. The Hall–Kier alpha value is -0.480. The maximum atomic E-state index is 12.0. The lowest BCUT2D eigenvalue weighted by molar-refractivity contribution is -0.128. The molecule has 0 aromatic rings. The van der Waals surface area contributed by atoms with Gasteiger partial charge in [0.25, 0.3) is 0 Å². The van der Waals surface area contributed by atoms with Crippen molar-refractivity contribution in [3.63, 3.8) is 0 Å². The molecule has 1 aliphatic rings. The highest BCUT2D eigenvalue weighted by atomic mass is 32.1. The smallest absolute Gasteiger partial charge is 0.160 e. The molecule has 1 saturated heterocycles. The minimum Gasteiger partial charge on any atom is -0.378 e. The number of carbonyl (C=O) groups is 1. The second kappa shape index (κ2) is 4.84. The summed E-state index contributed by atoms with van der Waals surface area (Å²) < 4.78 is 5.32. The highest BCUT2D eigenvalue weighted by molar-refractivity contribution is 7.78. The summed E-state index contributed by atoms with van der Waals surface area (Å²) in [6, 6.07) is 0. The van der Waals surface area contributed by atoms with Crippen molar-refractivity contribution in [3.8, 4) is 0 Å². The number of likely N-dealkylation sites (N-methyl/N-ethyl adjacent to an activating group) is 1. The van der Waals surface area contributed by atoms with Crippen LogP contribution in [-0.4, -0.2) is 42.0 Å². The van der Waals surface area contributed by atoms with Crippen molar-refractivity contribution < 1.29 is 9.53 Å². The molecule has 1 rings (SSSR count). The number of ketones is 1. The van der Waals surface area contributed by atoms with Crippen molar-refractivity contribution in [3.05, 3.63) is 0 Å². The fourth-order valence-electron chi connectivity index (χ4n) is 1.81. The lowest BCUT2D eigenvalue weighted by Crippen LogP contribution is -2.52. The summed E-state index contributed by atoms with van der Waals surface area (Å²) in [5.74, 6) is 0.251. The highest BCUT2D eigenvalue weighted by Gasteiger charge is 2.43. The van der Waals surface area contributed by atoms with Crippen LogP contribution in [0, 0.1) is 0 Å². The first-order chi connectivity index (χ1) is 6.67. The zero-order valence-corrected chi connectivity index (χ0v) is 9.60. The molecule has 0 saturated carbocycles. The number of hydrogen-bond acceptors (Lipinski definition) is 3. The van der Waals surface area contributed by atoms with Crippen LogP contribution in [0.25, 0.3) is 0 Å². The normalized spacial score (nSPS) is 26.1. The van der Waals surface area contributed by atoms with Crippen LogP contribution in [0.2, 0.25) is 0 Å². The van der Waals surface area contributed by atoms with E-state index in [1.165, 1.54) is 0 Å². The summed E-state index contributed by atoms with van der Waals surface area (Å²) in [5.41, 5.74) is 1.07. The Morgan fingerprint density at radius 1 is 1.71 bits per heavy atom. The predicted molar refractivity (Wildman–Crippen MR) is 59.5 cm³/mol. The van der Waals surface area contributed by atoms with Crippen LogP contribution in [0.15, 0.2) is 0 Å². The molecule has 14 heavy (non-hydrogen) atoms. The van der Waals surface area contributed by atoms with Gasteiger partial charge in [-0.15, -0.1) is 0 Å². The quantitative estimate of drug-likeness (QED) is 0.648. The molecule has 1 heterocycles. The first kappa shape index (κ1) is 11.6. The van der Waals surface area contributed by atoms with Crippen molar-refractivity contribution in [1.82, 2.24) is 4.90 Å². The third kappa shape index (κ3) is 1.96. The van der Waals surface area contributed by atoms with Gasteiger partial charge in [0.15, 0.2) is 5.78 Å². The lowest BCUT2D eigenvalue weighted by Gasteiger charge is -2.34. The summed E-state index contributed by atoms with van der Waals surface area (Å²) in [6.45, 7) is 3.15. The molecule has 0 N–H and O–H groups in total. The first-order valence-corrected chi connectivity index (χ1v) is 5.44. The van der Waals surface area contributed by atoms with Crippen LogP contribution < -0.4 is 0 Å². The number of ether oxygens (including phenoxy) is 1. The van der Waals surface area contributed by atoms with Crippen molar-refractivity contribution in [2.24, 2.45) is 0 Å². The zero-order valence-electron chi connectivity index (χ0n) is 8.78. The van der Waals surface area contributed by atoms with E-state index < -0.39 is 5.54 Å². The van der Waals surface area contributed by atoms with Crippen LogP contribution in [-0.2, 0) is 9.53 Å². The van der Waals surface area contributed by atoms with Gasteiger partial charge < -0.3 is 9.64 Å². The van der Waals surface area contributed by atoms with E-state index >= 15 is 0 Å². The molecule has 1 atom stereocenters. The molecule has 80 valence electrons. The molecular weight excluding hydrogens is 198 g/mol. The van der Waals surface area contributed by atoms with E-state index in [1.807, 2.05) is 18.9 Å². The van der Waals surface area contributed by atoms with Gasteiger partial charge in [-0.1, -0.05) is 19.1 Å². The van der Waals surface area contributed by atoms with Crippen molar-refractivity contribution in [2.75, 3.05) is 20.3 Å². The largest absolute Gasteiger partial charge is 0.378 e. The van der Waals surface area contributed by atoms with E-state index in [4.69, 9.17) is 17.0 Å². The van der Waals surface area contributed by atoms with Crippen molar-refractivity contribution in [1.29, 1.82) is 0 Å². The van der Waals surface area contributed by atoms with Gasteiger partial charge in [-0.25, -0.2) is 0 Å². The molecule has 4 heteroatoms. The van der Waals surface area contributed by atoms with E-state index in [9.17, 15) is 4.79 Å². The monoisotopic (exact) mass is 215 g/mol. The number of Topliss-reactive ketones (excluding diaryl/α,β-unsaturated/α-hetero) is 1. The Morgan fingerprint density at radius 3 is 2.86 bits per heavy atom. The third-order valence-corrected chi connectivity index (χ3v) is 3.15. The highest BCUT2D eigenvalue weighted by Crippen LogP contribution is 2.27. The van der Waals surface area contributed by atoms with Gasteiger partial charge >= 0.3 is 0 Å². The van der Waals surface area contributed by atoms with Crippen LogP contribution in [0.5, 0.6) is 0 Å². The summed E-state index contributed by atoms with van der Waals surface area (Å²) in [6.07, 6.45) is 2.25. The van der Waals surface area contributed by atoms with Crippen LogP contribution in [0.1, 0.15) is 26.2 Å². The van der Waals surface area contributed by atoms with Gasteiger partial charge in [-0.2, -0.15) is 0 Å². The number of nitrogens with zero attached hydrogens (tertiary/aromatic N) is 1. The van der Waals surface area contributed by atoms with Crippen molar-refractivity contribution >= 4 is 23.5 Å². The van der Waals surface area contributed by atoms with E-state index in [0.717, 1.165) is 12.8 Å². The molecule has 0 bridgehead atoms. The lowest BCUT2D eigenvalue weighted by atomic mass is 9.89. The van der Waals surface area contributed by atoms with E-state index in [0.29, 0.717) is 19.6 Å². The summed E-state index contributed by atoms with van der Waals surface area (Å²) in [4.78, 5) is 13.8. The average molecular weight is 215 g/mol. The average Bonchev–Trinajstić information content (AvgIpc) is 2.67. The summed E-state index contributed by atoms with van der Waals surface area (Å²) >= 11 is 4.88. The number of carbonyl (C=O) groups excluding carboxylic acids is 1. The maximum absolute atomic E-state index is 12.0. The van der Waals surface area contributed by atoms with Gasteiger partial charge in [-0.05, 0) is 6.42 Å². The molecule has 0 amide bonds. The zero-order chi connectivity index (χ0) is 10.6. The van der Waals surface area contributed by atoms with E-state index in [-0.39, 0.29) is 5.78 Å². The molecule has 0 aromatic heterocycles. The molecule has 0 radical (unpaired) electrons. The van der Waals surface area contributed by atoms with Gasteiger partial charge in [0, 0.05) is 26.5 Å². The molecule has 1 fully saturated rings. The molecule has 0 aromatic carbocycles. The van der Waals surface area contributed by atoms with Gasteiger partial charge in [0.2, 0.25) is 0 Å². The van der Waals surface area contributed by atoms with E-state index in [1.54, 1.807) is 5.49 Å². The topological polar surface area (TPSA) is 29.5 Å². The third-order valence-electron chi connectivity index (χ3n) is 2.83.